The molecule has 1 spiro atoms. The molecule has 0 radical (unpaired) electrons. The van der Waals surface area contributed by atoms with Crippen LogP contribution in [0.5, 0.6) is 0 Å². The highest BCUT2D eigenvalue weighted by atomic mass is 32.2. The van der Waals surface area contributed by atoms with Gasteiger partial charge < -0.3 is 10.1 Å². The van der Waals surface area contributed by atoms with Crippen molar-refractivity contribution in [2.24, 2.45) is 5.41 Å². The topological polar surface area (TPSA) is 98.5 Å². The molecular weight excluding hydrogens is 332 g/mol. The Morgan fingerprint density at radius 3 is 2.62 bits per heavy atom. The number of anilines is 1. The molecule has 2 unspecified atom stereocenters. The zero-order valence-corrected chi connectivity index (χ0v) is 14.6. The summed E-state index contributed by atoms with van der Waals surface area (Å²) in [7, 11) is -3.67. The van der Waals surface area contributed by atoms with Gasteiger partial charge in [-0.1, -0.05) is 12.5 Å². The Labute approximate surface area is 141 Å². The second-order valence-electron chi connectivity index (χ2n) is 6.64. The van der Waals surface area contributed by atoms with Crippen molar-refractivity contribution >= 4 is 21.2 Å². The van der Waals surface area contributed by atoms with Crippen LogP contribution in [0.15, 0.2) is 23.1 Å². The zero-order chi connectivity index (χ0) is 17.5. The van der Waals surface area contributed by atoms with Gasteiger partial charge in [0.1, 0.15) is 10.6 Å². The van der Waals surface area contributed by atoms with Gasteiger partial charge in [-0.05, 0) is 38.3 Å². The van der Waals surface area contributed by atoms with E-state index in [0.29, 0.717) is 6.61 Å². The lowest BCUT2D eigenvalue weighted by Gasteiger charge is -2.61. The van der Waals surface area contributed by atoms with E-state index in [1.165, 1.54) is 12.1 Å². The molecule has 2 aliphatic rings. The van der Waals surface area contributed by atoms with Gasteiger partial charge >= 0.3 is 5.69 Å². The average Bonchev–Trinajstić information content (AvgIpc) is 2.42. The van der Waals surface area contributed by atoms with E-state index in [1.54, 1.807) is 6.07 Å². The third kappa shape index (κ3) is 2.67. The molecule has 3 rings (SSSR count). The van der Waals surface area contributed by atoms with Crippen LogP contribution in [0.3, 0.4) is 0 Å². The van der Waals surface area contributed by atoms with Gasteiger partial charge in [-0.15, -0.1) is 0 Å². The minimum absolute atomic E-state index is 0.0327. The molecule has 1 aromatic rings. The molecule has 0 saturated heterocycles. The monoisotopic (exact) mass is 354 g/mol. The molecule has 0 bridgehead atoms. The van der Waals surface area contributed by atoms with Crippen LogP contribution in [-0.2, 0) is 14.6 Å². The van der Waals surface area contributed by atoms with Crippen molar-refractivity contribution in [3.63, 3.8) is 0 Å². The summed E-state index contributed by atoms with van der Waals surface area (Å²) in [5.41, 5.74) is -0.0613. The molecule has 8 heteroatoms. The summed E-state index contributed by atoms with van der Waals surface area (Å²) in [5, 5.41) is 14.7. The van der Waals surface area contributed by atoms with Gasteiger partial charge in [0.2, 0.25) is 0 Å². The molecule has 2 fully saturated rings. The molecule has 0 heterocycles. The van der Waals surface area contributed by atoms with Crippen molar-refractivity contribution < 1.29 is 18.1 Å². The number of hydrogen-bond acceptors (Lipinski definition) is 6. The molecule has 0 aromatic heterocycles. The first-order valence-electron chi connectivity index (χ1n) is 8.15. The van der Waals surface area contributed by atoms with E-state index in [0.717, 1.165) is 31.9 Å². The lowest BCUT2D eigenvalue weighted by Crippen LogP contribution is -2.64. The lowest BCUT2D eigenvalue weighted by atomic mass is 9.51. The van der Waals surface area contributed by atoms with Crippen molar-refractivity contribution in [2.75, 3.05) is 18.2 Å². The molecule has 0 amide bonds. The standard InChI is InChI=1S/C16H22N2O5S/c1-3-23-14-10-13(16(14)8-5-9-16)17-11-6-4-7-12(24(2,21)22)15(11)18(19)20/h4,6-7,13-14,17H,3,5,8-10H2,1-2H3. The molecule has 2 atom stereocenters. The van der Waals surface area contributed by atoms with E-state index in [-0.39, 0.29) is 33.8 Å². The summed E-state index contributed by atoms with van der Waals surface area (Å²) in [6.45, 7) is 2.62. The van der Waals surface area contributed by atoms with Gasteiger partial charge in [0, 0.05) is 24.3 Å². The lowest BCUT2D eigenvalue weighted by molar-refractivity contribution is -0.387. The molecule has 24 heavy (non-hydrogen) atoms. The van der Waals surface area contributed by atoms with Crippen LogP contribution in [0.1, 0.15) is 32.6 Å². The predicted octanol–water partition coefficient (Wildman–Crippen LogP) is 2.76. The molecule has 1 N–H and O–H groups in total. The summed E-state index contributed by atoms with van der Waals surface area (Å²) in [5.74, 6) is 0. The Balaban J connectivity index is 1.90. The number of sulfone groups is 1. The molecule has 1 aromatic carbocycles. The van der Waals surface area contributed by atoms with E-state index >= 15 is 0 Å². The Morgan fingerprint density at radius 1 is 1.42 bits per heavy atom. The van der Waals surface area contributed by atoms with Crippen LogP contribution in [0.4, 0.5) is 11.4 Å². The first-order valence-corrected chi connectivity index (χ1v) is 10.0. The fourth-order valence-electron chi connectivity index (χ4n) is 3.95. The Hall–Kier alpha value is -1.67. The van der Waals surface area contributed by atoms with Gasteiger partial charge in [0.15, 0.2) is 9.84 Å². The minimum atomic E-state index is -3.67. The van der Waals surface area contributed by atoms with Gasteiger partial charge in [0.05, 0.1) is 11.0 Å². The van der Waals surface area contributed by atoms with Crippen molar-refractivity contribution in [1.82, 2.24) is 0 Å². The van der Waals surface area contributed by atoms with Gasteiger partial charge in [-0.2, -0.15) is 0 Å². The summed E-state index contributed by atoms with van der Waals surface area (Å²) in [4.78, 5) is 10.6. The number of nitrogens with one attached hydrogen (secondary N) is 1. The predicted molar refractivity (Wildman–Crippen MR) is 89.9 cm³/mol. The van der Waals surface area contributed by atoms with E-state index in [1.807, 2.05) is 6.92 Å². The third-order valence-corrected chi connectivity index (χ3v) is 6.48. The number of hydrogen-bond donors (Lipinski definition) is 1. The molecular formula is C16H22N2O5S. The van der Waals surface area contributed by atoms with Crippen LogP contribution in [0.2, 0.25) is 0 Å². The van der Waals surface area contributed by atoms with E-state index in [9.17, 15) is 18.5 Å². The highest BCUT2D eigenvalue weighted by Gasteiger charge is 2.59. The normalized spacial score (nSPS) is 24.9. The first kappa shape index (κ1) is 17.2. The molecule has 2 aliphatic carbocycles. The molecule has 2 saturated carbocycles. The van der Waals surface area contributed by atoms with Crippen molar-refractivity contribution in [2.45, 2.75) is 49.6 Å². The SMILES string of the molecule is CCOC1CC(Nc2cccc(S(C)(=O)=O)c2[N+](=O)[O-])C12CCC2. The van der Waals surface area contributed by atoms with Crippen LogP contribution >= 0.6 is 0 Å². The maximum atomic E-state index is 11.9. The zero-order valence-electron chi connectivity index (χ0n) is 13.8. The smallest absolute Gasteiger partial charge is 0.310 e. The maximum Gasteiger partial charge on any atom is 0.310 e. The van der Waals surface area contributed by atoms with Gasteiger partial charge in [-0.3, -0.25) is 10.1 Å². The fraction of sp³-hybridized carbons (Fsp3) is 0.625. The highest BCUT2D eigenvalue weighted by molar-refractivity contribution is 7.90. The van der Waals surface area contributed by atoms with Gasteiger partial charge in [0.25, 0.3) is 0 Å². The second kappa shape index (κ2) is 6.00. The second-order valence-corrected chi connectivity index (χ2v) is 8.63. The van der Waals surface area contributed by atoms with Crippen molar-refractivity contribution in [3.05, 3.63) is 28.3 Å². The highest BCUT2D eigenvalue weighted by Crippen LogP contribution is 2.58. The van der Waals surface area contributed by atoms with E-state index < -0.39 is 14.8 Å². The van der Waals surface area contributed by atoms with E-state index in [4.69, 9.17) is 4.74 Å². The summed E-state index contributed by atoms with van der Waals surface area (Å²) in [6.07, 6.45) is 5.16. The fourth-order valence-corrected chi connectivity index (χ4v) is 4.82. The number of nitro groups is 1. The largest absolute Gasteiger partial charge is 0.378 e. The quantitative estimate of drug-likeness (QED) is 0.623. The number of benzene rings is 1. The molecule has 7 nitrogen and oxygen atoms in total. The number of nitrogens with zero attached hydrogens (tertiary/aromatic N) is 1. The first-order chi connectivity index (χ1) is 11.3. The molecule has 0 aliphatic heterocycles. The summed E-state index contributed by atoms with van der Waals surface area (Å²) >= 11 is 0. The van der Waals surface area contributed by atoms with E-state index in [2.05, 4.69) is 5.32 Å². The third-order valence-electron chi connectivity index (χ3n) is 5.35. The summed E-state index contributed by atoms with van der Waals surface area (Å²) < 4.78 is 29.5. The summed E-state index contributed by atoms with van der Waals surface area (Å²) in [6, 6.07) is 4.48. The number of ether oxygens (including phenoxy) is 1. The average molecular weight is 354 g/mol. The Kier molecular flexibility index (Phi) is 4.29. The van der Waals surface area contributed by atoms with Crippen LogP contribution in [0, 0.1) is 15.5 Å². The number of nitro benzene ring substituents is 1. The molecule has 132 valence electrons. The Bertz CT molecular complexity index is 758. The van der Waals surface area contributed by atoms with Gasteiger partial charge in [-0.25, -0.2) is 8.42 Å². The Morgan fingerprint density at radius 2 is 2.12 bits per heavy atom. The van der Waals surface area contributed by atoms with Crippen LogP contribution in [0.25, 0.3) is 0 Å². The van der Waals surface area contributed by atoms with Crippen LogP contribution in [-0.4, -0.2) is 38.3 Å². The maximum absolute atomic E-state index is 11.9. The van der Waals surface area contributed by atoms with Crippen LogP contribution < -0.4 is 5.32 Å². The minimum Gasteiger partial charge on any atom is -0.378 e. The van der Waals surface area contributed by atoms with Crippen molar-refractivity contribution in [1.29, 1.82) is 0 Å². The number of rotatable bonds is 6. The number of para-hydroxylation sites is 1. The van der Waals surface area contributed by atoms with Crippen molar-refractivity contribution in [3.8, 4) is 0 Å².